The van der Waals surface area contributed by atoms with Gasteiger partial charge >= 0.3 is 0 Å². The third-order valence-electron chi connectivity index (χ3n) is 4.76. The van der Waals surface area contributed by atoms with Gasteiger partial charge < -0.3 is 24.4 Å². The van der Waals surface area contributed by atoms with Gasteiger partial charge in [-0.1, -0.05) is 6.07 Å². The topological polar surface area (TPSA) is 77.1 Å². The number of hydrogen-bond donors (Lipinski definition) is 1. The average molecular weight is 398 g/mol. The molecule has 1 N–H and O–H groups in total. The summed E-state index contributed by atoms with van der Waals surface area (Å²) in [4.78, 5) is 26.6. The van der Waals surface area contributed by atoms with E-state index < -0.39 is 0 Å². The van der Waals surface area contributed by atoms with Crippen molar-refractivity contribution in [1.82, 2.24) is 5.32 Å². The summed E-state index contributed by atoms with van der Waals surface area (Å²) in [6.07, 6.45) is 0.485. The van der Waals surface area contributed by atoms with E-state index in [-0.39, 0.29) is 30.7 Å². The van der Waals surface area contributed by atoms with Crippen LogP contribution in [0, 0.1) is 0 Å². The van der Waals surface area contributed by atoms with E-state index in [9.17, 15) is 9.59 Å². The normalized spacial score (nSPS) is 15.9. The summed E-state index contributed by atoms with van der Waals surface area (Å²) in [5.41, 5.74) is 1.61. The van der Waals surface area contributed by atoms with E-state index in [1.165, 1.54) is 0 Å². The largest absolute Gasteiger partial charge is 0.494 e. The highest BCUT2D eigenvalue weighted by atomic mass is 16.5. The number of carbonyl (C=O) groups is 2. The Morgan fingerprint density at radius 3 is 2.48 bits per heavy atom. The number of carbonyl (C=O) groups excluding carboxylic acids is 2. The van der Waals surface area contributed by atoms with Crippen molar-refractivity contribution in [2.45, 2.75) is 25.8 Å². The number of ether oxygens (including phenoxy) is 3. The summed E-state index contributed by atoms with van der Waals surface area (Å²) < 4.78 is 15.9. The van der Waals surface area contributed by atoms with Crippen LogP contribution < -0.4 is 24.4 Å². The monoisotopic (exact) mass is 398 g/mol. The van der Waals surface area contributed by atoms with Gasteiger partial charge in [-0.15, -0.1) is 0 Å². The van der Waals surface area contributed by atoms with Gasteiger partial charge in [0.15, 0.2) is 11.5 Å². The maximum absolute atomic E-state index is 12.5. The van der Waals surface area contributed by atoms with Crippen LogP contribution in [0.2, 0.25) is 0 Å². The molecular weight excluding hydrogens is 372 g/mol. The quantitative estimate of drug-likeness (QED) is 0.740. The molecule has 7 nitrogen and oxygen atoms in total. The van der Waals surface area contributed by atoms with Crippen LogP contribution in [0.4, 0.5) is 5.69 Å². The predicted octanol–water partition coefficient (Wildman–Crippen LogP) is 2.57. The molecule has 7 heteroatoms. The van der Waals surface area contributed by atoms with Crippen LogP contribution in [-0.2, 0) is 16.0 Å². The molecule has 0 spiro atoms. The summed E-state index contributed by atoms with van der Waals surface area (Å²) in [7, 11) is 3.12. The zero-order valence-corrected chi connectivity index (χ0v) is 16.9. The van der Waals surface area contributed by atoms with Crippen molar-refractivity contribution in [3.8, 4) is 17.2 Å². The first-order valence-corrected chi connectivity index (χ1v) is 9.57. The summed E-state index contributed by atoms with van der Waals surface area (Å²) in [6, 6.07) is 12.6. The Kier molecular flexibility index (Phi) is 6.59. The molecule has 0 unspecified atom stereocenters. The Labute approximate surface area is 170 Å². The van der Waals surface area contributed by atoms with Gasteiger partial charge in [0.1, 0.15) is 5.75 Å². The first-order chi connectivity index (χ1) is 14.0. The Morgan fingerprint density at radius 2 is 1.83 bits per heavy atom. The molecule has 1 aliphatic heterocycles. The molecular formula is C22H26N2O5. The lowest BCUT2D eigenvalue weighted by molar-refractivity contribution is -0.121. The standard InChI is InChI=1S/C22H26N2O5/c1-4-29-18-8-6-17(7-9-18)24-14-16(13-22(24)26)23-21(25)12-15-5-10-19(27-2)20(11-15)28-3/h5-11,16H,4,12-14H2,1-3H3,(H,23,25)/t16-/m1/s1. The maximum Gasteiger partial charge on any atom is 0.229 e. The lowest BCUT2D eigenvalue weighted by Crippen LogP contribution is -2.38. The van der Waals surface area contributed by atoms with Crippen LogP contribution in [0.25, 0.3) is 0 Å². The lowest BCUT2D eigenvalue weighted by Gasteiger charge is -2.18. The number of methoxy groups -OCH3 is 2. The highest BCUT2D eigenvalue weighted by molar-refractivity contribution is 5.97. The summed E-state index contributed by atoms with van der Waals surface area (Å²) in [6.45, 7) is 2.97. The van der Waals surface area contributed by atoms with E-state index in [0.29, 0.717) is 24.7 Å². The highest BCUT2D eigenvalue weighted by Gasteiger charge is 2.31. The maximum atomic E-state index is 12.5. The van der Waals surface area contributed by atoms with Gasteiger partial charge in [-0.05, 0) is 48.9 Å². The minimum Gasteiger partial charge on any atom is -0.494 e. The minimum absolute atomic E-state index is 0.00873. The second kappa shape index (κ2) is 9.32. The highest BCUT2D eigenvalue weighted by Crippen LogP contribution is 2.28. The van der Waals surface area contributed by atoms with Gasteiger partial charge in [-0.2, -0.15) is 0 Å². The third-order valence-corrected chi connectivity index (χ3v) is 4.76. The smallest absolute Gasteiger partial charge is 0.229 e. The Bertz CT molecular complexity index is 866. The molecule has 0 aliphatic carbocycles. The fourth-order valence-electron chi connectivity index (χ4n) is 3.40. The zero-order chi connectivity index (χ0) is 20.8. The van der Waals surface area contributed by atoms with E-state index in [1.807, 2.05) is 37.3 Å². The van der Waals surface area contributed by atoms with Crippen LogP contribution in [0.5, 0.6) is 17.2 Å². The van der Waals surface area contributed by atoms with E-state index in [4.69, 9.17) is 14.2 Å². The van der Waals surface area contributed by atoms with Gasteiger partial charge in [-0.25, -0.2) is 0 Å². The summed E-state index contributed by atoms with van der Waals surface area (Å²) >= 11 is 0. The summed E-state index contributed by atoms with van der Waals surface area (Å²) in [5.74, 6) is 1.82. The van der Waals surface area contributed by atoms with Crippen molar-refractivity contribution in [3.05, 3.63) is 48.0 Å². The first kappa shape index (κ1) is 20.5. The molecule has 2 aromatic rings. The van der Waals surface area contributed by atoms with Gasteiger partial charge in [0.25, 0.3) is 0 Å². The predicted molar refractivity (Wildman–Crippen MR) is 110 cm³/mol. The molecule has 3 rings (SSSR count). The molecule has 29 heavy (non-hydrogen) atoms. The fraction of sp³-hybridized carbons (Fsp3) is 0.364. The van der Waals surface area contributed by atoms with Crippen LogP contribution in [-0.4, -0.2) is 45.2 Å². The Morgan fingerprint density at radius 1 is 1.10 bits per heavy atom. The molecule has 1 saturated heterocycles. The average Bonchev–Trinajstić information content (AvgIpc) is 3.08. The second-order valence-corrected chi connectivity index (χ2v) is 6.77. The van der Waals surface area contributed by atoms with E-state index in [1.54, 1.807) is 31.3 Å². The van der Waals surface area contributed by atoms with E-state index in [0.717, 1.165) is 17.0 Å². The molecule has 154 valence electrons. The van der Waals surface area contributed by atoms with Crippen LogP contribution in [0.3, 0.4) is 0 Å². The van der Waals surface area contributed by atoms with Crippen molar-refractivity contribution < 1.29 is 23.8 Å². The second-order valence-electron chi connectivity index (χ2n) is 6.77. The Hall–Kier alpha value is -3.22. The third kappa shape index (κ3) is 4.99. The number of nitrogens with zero attached hydrogens (tertiary/aromatic N) is 1. The molecule has 0 saturated carbocycles. The molecule has 2 aromatic carbocycles. The Balaban J connectivity index is 1.58. The molecule has 0 bridgehead atoms. The van der Waals surface area contributed by atoms with E-state index in [2.05, 4.69) is 5.32 Å². The minimum atomic E-state index is -0.221. The van der Waals surface area contributed by atoms with Crippen molar-refractivity contribution in [2.75, 3.05) is 32.3 Å². The van der Waals surface area contributed by atoms with Gasteiger partial charge in [0, 0.05) is 18.7 Å². The van der Waals surface area contributed by atoms with Crippen LogP contribution in [0.15, 0.2) is 42.5 Å². The van der Waals surface area contributed by atoms with E-state index >= 15 is 0 Å². The number of rotatable bonds is 8. The number of anilines is 1. The molecule has 0 radical (unpaired) electrons. The van der Waals surface area contributed by atoms with Crippen molar-refractivity contribution in [2.24, 2.45) is 0 Å². The lowest BCUT2D eigenvalue weighted by atomic mass is 10.1. The van der Waals surface area contributed by atoms with Gasteiger partial charge in [-0.3, -0.25) is 9.59 Å². The van der Waals surface area contributed by atoms with Crippen molar-refractivity contribution in [1.29, 1.82) is 0 Å². The van der Waals surface area contributed by atoms with Crippen molar-refractivity contribution in [3.63, 3.8) is 0 Å². The summed E-state index contributed by atoms with van der Waals surface area (Å²) in [5, 5.41) is 2.96. The van der Waals surface area contributed by atoms with Crippen LogP contribution in [0.1, 0.15) is 18.9 Å². The molecule has 1 aliphatic rings. The molecule has 2 amide bonds. The molecule has 1 heterocycles. The first-order valence-electron chi connectivity index (χ1n) is 9.57. The molecule has 0 aromatic heterocycles. The number of amides is 2. The number of nitrogens with one attached hydrogen (secondary N) is 1. The number of benzene rings is 2. The van der Waals surface area contributed by atoms with Crippen LogP contribution >= 0.6 is 0 Å². The SMILES string of the molecule is CCOc1ccc(N2C[C@H](NC(=O)Cc3ccc(OC)c(OC)c3)CC2=O)cc1. The molecule has 1 atom stereocenters. The molecule has 1 fully saturated rings. The zero-order valence-electron chi connectivity index (χ0n) is 16.9. The van der Waals surface area contributed by atoms with Gasteiger partial charge in [0.2, 0.25) is 11.8 Å². The van der Waals surface area contributed by atoms with Gasteiger partial charge in [0.05, 0.1) is 33.3 Å². The van der Waals surface area contributed by atoms with Crippen molar-refractivity contribution >= 4 is 17.5 Å². The number of hydrogen-bond acceptors (Lipinski definition) is 5. The fourth-order valence-corrected chi connectivity index (χ4v) is 3.40.